The predicted molar refractivity (Wildman–Crippen MR) is 129 cm³/mol. The molecule has 2 aromatic carbocycles. The summed E-state index contributed by atoms with van der Waals surface area (Å²) >= 11 is 0. The average molecular weight is 453 g/mol. The summed E-state index contributed by atoms with van der Waals surface area (Å²) in [4.78, 5) is 29.0. The minimum atomic E-state index is -0.980. The van der Waals surface area contributed by atoms with E-state index < -0.39 is 12.0 Å². The number of phenolic OH excluding ortho intramolecular Hbond substituents is 1. The number of hydrogen-bond donors (Lipinski definition) is 2. The number of carboxylic acid groups (broad SMARTS) is 1. The number of phenols is 1. The first-order valence-electron chi connectivity index (χ1n) is 11.9. The maximum atomic E-state index is 13.2. The van der Waals surface area contributed by atoms with E-state index in [0.29, 0.717) is 31.3 Å². The van der Waals surface area contributed by atoms with Crippen molar-refractivity contribution < 1.29 is 19.8 Å². The van der Waals surface area contributed by atoms with Gasteiger partial charge in [-0.2, -0.15) is 0 Å². The fraction of sp³-hybridized carbons (Fsp3) is 0.481. The van der Waals surface area contributed by atoms with E-state index in [1.54, 1.807) is 6.07 Å². The molecule has 0 radical (unpaired) electrons. The molecule has 1 aliphatic rings. The molecular weight excluding hydrogens is 416 g/mol. The third kappa shape index (κ3) is 6.14. The zero-order valence-electron chi connectivity index (χ0n) is 19.9. The van der Waals surface area contributed by atoms with Crippen molar-refractivity contribution in [1.29, 1.82) is 0 Å². The Morgan fingerprint density at radius 1 is 1.12 bits per heavy atom. The Labute approximate surface area is 196 Å². The molecule has 4 atom stereocenters. The number of likely N-dealkylation sites (N-methyl/N-ethyl adjacent to an activating group) is 1. The number of benzene rings is 2. The van der Waals surface area contributed by atoms with Gasteiger partial charge in [-0.15, -0.1) is 0 Å². The molecule has 0 bridgehead atoms. The lowest BCUT2D eigenvalue weighted by molar-refractivity contribution is -0.150. The Kier molecular flexibility index (Phi) is 8.50. The first-order chi connectivity index (χ1) is 15.8. The van der Waals surface area contributed by atoms with Crippen LogP contribution in [0, 0.1) is 11.8 Å². The van der Waals surface area contributed by atoms with Crippen molar-refractivity contribution in [3.8, 4) is 5.75 Å². The molecule has 1 saturated heterocycles. The number of carbonyl (C=O) groups is 2. The van der Waals surface area contributed by atoms with Gasteiger partial charge < -0.3 is 15.1 Å². The van der Waals surface area contributed by atoms with Crippen LogP contribution in [0.1, 0.15) is 50.8 Å². The number of aliphatic carboxylic acids is 1. The Morgan fingerprint density at radius 3 is 2.48 bits per heavy atom. The highest BCUT2D eigenvalue weighted by atomic mass is 16.4. The van der Waals surface area contributed by atoms with Gasteiger partial charge in [-0.1, -0.05) is 56.3 Å². The van der Waals surface area contributed by atoms with Crippen molar-refractivity contribution >= 4 is 11.9 Å². The highest BCUT2D eigenvalue weighted by Gasteiger charge is 2.35. The van der Waals surface area contributed by atoms with E-state index in [1.807, 2.05) is 55.5 Å². The number of carboxylic acids is 1. The number of aromatic hydroxyl groups is 1. The molecule has 0 aromatic heterocycles. The van der Waals surface area contributed by atoms with Crippen LogP contribution in [0.5, 0.6) is 5.75 Å². The maximum absolute atomic E-state index is 13.2. The summed E-state index contributed by atoms with van der Waals surface area (Å²) < 4.78 is 0. The largest absolute Gasteiger partial charge is 0.508 e. The number of nitrogens with zero attached hydrogens (tertiary/aromatic N) is 2. The minimum Gasteiger partial charge on any atom is -0.508 e. The topological polar surface area (TPSA) is 81.1 Å². The van der Waals surface area contributed by atoms with Crippen LogP contribution < -0.4 is 0 Å². The third-order valence-corrected chi connectivity index (χ3v) is 7.08. The molecule has 1 amide bonds. The van der Waals surface area contributed by atoms with Gasteiger partial charge in [0.1, 0.15) is 11.8 Å². The Balaban J connectivity index is 1.72. The molecular formula is C27H36N2O4. The van der Waals surface area contributed by atoms with Gasteiger partial charge >= 0.3 is 5.97 Å². The van der Waals surface area contributed by atoms with Crippen molar-refractivity contribution in [3.05, 3.63) is 65.7 Å². The summed E-state index contributed by atoms with van der Waals surface area (Å²) in [5.41, 5.74) is 1.96. The number of amides is 1. The van der Waals surface area contributed by atoms with Gasteiger partial charge in [0.25, 0.3) is 0 Å². The van der Waals surface area contributed by atoms with Gasteiger partial charge in [0.05, 0.1) is 0 Å². The van der Waals surface area contributed by atoms with Crippen LogP contribution in [-0.4, -0.2) is 57.6 Å². The summed E-state index contributed by atoms with van der Waals surface area (Å²) in [6.07, 6.45) is 1.61. The summed E-state index contributed by atoms with van der Waals surface area (Å²) in [6, 6.07) is 16.1. The van der Waals surface area contributed by atoms with E-state index in [-0.39, 0.29) is 24.1 Å². The molecule has 1 heterocycles. The highest BCUT2D eigenvalue weighted by Crippen LogP contribution is 2.39. The number of carbonyl (C=O) groups excluding carboxylic acids is 1. The zero-order chi connectivity index (χ0) is 24.0. The first-order valence-corrected chi connectivity index (χ1v) is 11.9. The second-order valence-electron chi connectivity index (χ2n) is 9.17. The van der Waals surface area contributed by atoms with Gasteiger partial charge in [-0.05, 0) is 55.0 Å². The van der Waals surface area contributed by atoms with Crippen molar-refractivity contribution in [2.45, 2.75) is 52.1 Å². The van der Waals surface area contributed by atoms with Crippen LogP contribution in [-0.2, 0) is 16.0 Å². The molecule has 6 heteroatoms. The molecule has 33 heavy (non-hydrogen) atoms. The standard InChI is InChI=1S/C27H36N2O4/c1-4-29(24(27(32)33)17-21-9-6-5-7-10-21)25(31)14-16-28-15-13-19(2)20(3)26(28)22-11-8-12-23(30)18-22/h5-12,18-20,24,26,30H,4,13-17H2,1-3H3,(H,32,33)/t19-,20-,24+,26?/m1/s1. The van der Waals surface area contributed by atoms with Crippen molar-refractivity contribution in [3.63, 3.8) is 0 Å². The molecule has 2 N–H and O–H groups in total. The second kappa shape index (κ2) is 11.3. The number of hydrogen-bond acceptors (Lipinski definition) is 4. The SMILES string of the molecule is CCN(C(=O)CCN1CC[C@@H](C)[C@@H](C)C1c1cccc(O)c1)[C@@H](Cc1ccccc1)C(=O)O. The van der Waals surface area contributed by atoms with E-state index in [4.69, 9.17) is 0 Å². The Bertz CT molecular complexity index is 933. The maximum Gasteiger partial charge on any atom is 0.326 e. The van der Waals surface area contributed by atoms with Crippen LogP contribution >= 0.6 is 0 Å². The van der Waals surface area contributed by atoms with Crippen molar-refractivity contribution in [2.75, 3.05) is 19.6 Å². The van der Waals surface area contributed by atoms with Crippen LogP contribution in [0.2, 0.25) is 0 Å². The van der Waals surface area contributed by atoms with E-state index in [9.17, 15) is 19.8 Å². The minimum absolute atomic E-state index is 0.114. The quantitative estimate of drug-likeness (QED) is 0.591. The summed E-state index contributed by atoms with van der Waals surface area (Å²) in [5, 5.41) is 19.9. The predicted octanol–water partition coefficient (Wildman–Crippen LogP) is 4.35. The van der Waals surface area contributed by atoms with Crippen LogP contribution in [0.15, 0.2) is 54.6 Å². The van der Waals surface area contributed by atoms with Gasteiger partial charge in [0, 0.05) is 32.0 Å². The molecule has 1 fully saturated rings. The summed E-state index contributed by atoms with van der Waals surface area (Å²) in [6.45, 7) is 8.10. The third-order valence-electron chi connectivity index (χ3n) is 7.08. The van der Waals surface area contributed by atoms with Gasteiger partial charge in [0.15, 0.2) is 0 Å². The molecule has 178 valence electrons. The second-order valence-corrected chi connectivity index (χ2v) is 9.17. The lowest BCUT2D eigenvalue weighted by Crippen LogP contribution is -2.48. The monoisotopic (exact) mass is 452 g/mol. The normalized spacial score (nSPS) is 22.0. The molecule has 0 saturated carbocycles. The Morgan fingerprint density at radius 2 is 1.85 bits per heavy atom. The molecule has 0 aliphatic carbocycles. The molecule has 3 rings (SSSR count). The number of rotatable bonds is 9. The van der Waals surface area contributed by atoms with E-state index in [0.717, 1.165) is 24.1 Å². The summed E-state index contributed by atoms with van der Waals surface area (Å²) in [5.74, 6) is 0.0479. The van der Waals surface area contributed by atoms with Crippen LogP contribution in [0.4, 0.5) is 0 Å². The fourth-order valence-corrected chi connectivity index (χ4v) is 5.01. The van der Waals surface area contributed by atoms with E-state index >= 15 is 0 Å². The molecule has 2 aromatic rings. The van der Waals surface area contributed by atoms with Crippen LogP contribution in [0.25, 0.3) is 0 Å². The van der Waals surface area contributed by atoms with Crippen molar-refractivity contribution in [2.24, 2.45) is 11.8 Å². The zero-order valence-corrected chi connectivity index (χ0v) is 19.9. The Hall–Kier alpha value is -2.86. The fourth-order valence-electron chi connectivity index (χ4n) is 5.01. The number of piperidine rings is 1. The smallest absolute Gasteiger partial charge is 0.326 e. The molecule has 1 aliphatic heterocycles. The molecule has 0 spiro atoms. The molecule has 1 unspecified atom stereocenters. The van der Waals surface area contributed by atoms with Crippen molar-refractivity contribution in [1.82, 2.24) is 9.80 Å². The molecule has 6 nitrogen and oxygen atoms in total. The van der Waals surface area contributed by atoms with Crippen LogP contribution in [0.3, 0.4) is 0 Å². The average Bonchev–Trinajstić information content (AvgIpc) is 2.80. The van der Waals surface area contributed by atoms with Gasteiger partial charge in [0.2, 0.25) is 5.91 Å². The van der Waals surface area contributed by atoms with E-state index in [2.05, 4.69) is 18.7 Å². The number of likely N-dealkylation sites (tertiary alicyclic amines) is 1. The first kappa shape index (κ1) is 24.8. The lowest BCUT2D eigenvalue weighted by Gasteiger charge is -2.44. The summed E-state index contributed by atoms with van der Waals surface area (Å²) in [7, 11) is 0. The van der Waals surface area contributed by atoms with E-state index in [1.165, 1.54) is 4.90 Å². The van der Waals surface area contributed by atoms with Gasteiger partial charge in [-0.3, -0.25) is 9.69 Å². The van der Waals surface area contributed by atoms with Gasteiger partial charge in [-0.25, -0.2) is 4.79 Å². The lowest BCUT2D eigenvalue weighted by atomic mass is 9.79. The highest BCUT2D eigenvalue weighted by molar-refractivity contribution is 5.84.